The van der Waals surface area contributed by atoms with Gasteiger partial charge in [0.1, 0.15) is 6.67 Å². The van der Waals surface area contributed by atoms with Gasteiger partial charge in [0.2, 0.25) is 5.88 Å². The van der Waals surface area contributed by atoms with Crippen LogP contribution in [0.15, 0.2) is 6.20 Å². The molecule has 0 saturated carbocycles. The lowest BCUT2D eigenvalue weighted by atomic mass is 10.2. The number of alkyl halides is 4. The highest BCUT2D eigenvalue weighted by Gasteiger charge is 2.32. The Balaban J connectivity index is 3.07. The quantitative estimate of drug-likeness (QED) is 0.611. The second-order valence-corrected chi connectivity index (χ2v) is 3.79. The maximum Gasteiger partial charge on any atom is 0.574 e. The lowest BCUT2D eigenvalue weighted by molar-refractivity contribution is -0.276. The molecule has 0 atom stereocenters. The first-order chi connectivity index (χ1) is 6.85. The third-order valence-electron chi connectivity index (χ3n) is 1.63. The van der Waals surface area contributed by atoms with Gasteiger partial charge >= 0.3 is 6.36 Å². The number of nitrogens with zero attached hydrogens (tertiary/aromatic N) is 1. The molecule has 0 N–H and O–H groups in total. The molecule has 0 aliphatic heterocycles. The fourth-order valence-corrected chi connectivity index (χ4v) is 1.44. The Hall–Kier alpha value is -0.600. The van der Waals surface area contributed by atoms with Gasteiger partial charge in [-0.25, -0.2) is 9.37 Å². The van der Waals surface area contributed by atoms with E-state index in [0.29, 0.717) is 3.57 Å². The van der Waals surface area contributed by atoms with Gasteiger partial charge in [-0.05, 0) is 29.5 Å². The van der Waals surface area contributed by atoms with Crippen molar-refractivity contribution >= 4 is 22.6 Å². The normalized spacial score (nSPS) is 11.6. The lowest BCUT2D eigenvalue weighted by Gasteiger charge is -2.12. The number of halogens is 5. The average Bonchev–Trinajstić information content (AvgIpc) is 2.11. The van der Waals surface area contributed by atoms with Gasteiger partial charge in [-0.3, -0.25) is 0 Å². The topological polar surface area (TPSA) is 22.1 Å². The molecule has 0 saturated heterocycles. The summed E-state index contributed by atoms with van der Waals surface area (Å²) in [5.74, 6) is -0.538. The number of ether oxygens (including phenoxy) is 1. The molecule has 0 spiro atoms. The molecule has 0 radical (unpaired) electrons. The molecule has 2 nitrogen and oxygen atoms in total. The van der Waals surface area contributed by atoms with E-state index in [9.17, 15) is 17.6 Å². The molecule has 0 fully saturated rings. The van der Waals surface area contributed by atoms with Crippen LogP contribution in [0.5, 0.6) is 5.88 Å². The SMILES string of the molecule is Cc1c(OC(F)(F)F)ncc(CF)c1I. The van der Waals surface area contributed by atoms with Crippen molar-refractivity contribution in [1.82, 2.24) is 4.98 Å². The summed E-state index contributed by atoms with van der Waals surface area (Å²) in [7, 11) is 0. The summed E-state index contributed by atoms with van der Waals surface area (Å²) < 4.78 is 52.1. The number of aromatic nitrogens is 1. The van der Waals surface area contributed by atoms with Crippen LogP contribution in [0.4, 0.5) is 17.6 Å². The Bertz CT molecular complexity index is 366. The third kappa shape index (κ3) is 3.18. The summed E-state index contributed by atoms with van der Waals surface area (Å²) in [6.45, 7) is 0.632. The van der Waals surface area contributed by atoms with Crippen molar-refractivity contribution in [3.8, 4) is 5.88 Å². The van der Waals surface area contributed by atoms with Gasteiger partial charge in [0.25, 0.3) is 0 Å². The van der Waals surface area contributed by atoms with E-state index < -0.39 is 18.9 Å². The first-order valence-electron chi connectivity index (χ1n) is 3.81. The van der Waals surface area contributed by atoms with Crippen LogP contribution in [0, 0.1) is 10.5 Å². The van der Waals surface area contributed by atoms with Gasteiger partial charge in [0, 0.05) is 20.9 Å². The standard InChI is InChI=1S/C8H6F4INO/c1-4-6(13)5(2-9)3-14-7(4)15-8(10,11)12/h3H,2H2,1H3. The van der Waals surface area contributed by atoms with E-state index in [2.05, 4.69) is 9.72 Å². The van der Waals surface area contributed by atoms with E-state index in [1.807, 2.05) is 0 Å². The van der Waals surface area contributed by atoms with Gasteiger partial charge in [0.15, 0.2) is 0 Å². The summed E-state index contributed by atoms with van der Waals surface area (Å²) in [6, 6.07) is 0. The van der Waals surface area contributed by atoms with Crippen LogP contribution in [0.25, 0.3) is 0 Å². The summed E-state index contributed by atoms with van der Waals surface area (Å²) in [5, 5.41) is 0. The minimum atomic E-state index is -4.78. The Labute approximate surface area is 96.8 Å². The number of hydrogen-bond acceptors (Lipinski definition) is 2. The molecule has 1 aromatic heterocycles. The highest BCUT2D eigenvalue weighted by Crippen LogP contribution is 2.28. The molecule has 0 aliphatic rings. The second-order valence-electron chi connectivity index (χ2n) is 2.71. The van der Waals surface area contributed by atoms with E-state index in [-0.39, 0.29) is 11.1 Å². The van der Waals surface area contributed by atoms with Crippen LogP contribution in [0.3, 0.4) is 0 Å². The van der Waals surface area contributed by atoms with Crippen LogP contribution in [-0.4, -0.2) is 11.3 Å². The van der Waals surface area contributed by atoms with Gasteiger partial charge in [-0.2, -0.15) is 0 Å². The predicted molar refractivity (Wildman–Crippen MR) is 53.2 cm³/mol. The third-order valence-corrected chi connectivity index (χ3v) is 3.13. The van der Waals surface area contributed by atoms with Gasteiger partial charge in [-0.15, -0.1) is 13.2 Å². The fraction of sp³-hybridized carbons (Fsp3) is 0.375. The number of hydrogen-bond donors (Lipinski definition) is 0. The molecule has 0 bridgehead atoms. The van der Waals surface area contributed by atoms with Crippen molar-refractivity contribution in [1.29, 1.82) is 0 Å². The molecule has 1 rings (SSSR count). The first kappa shape index (κ1) is 12.5. The van der Waals surface area contributed by atoms with Crippen molar-refractivity contribution in [2.24, 2.45) is 0 Å². The molecule has 1 heterocycles. The summed E-state index contributed by atoms with van der Waals surface area (Å²) >= 11 is 1.75. The zero-order chi connectivity index (χ0) is 11.6. The van der Waals surface area contributed by atoms with Gasteiger partial charge in [0.05, 0.1) is 0 Å². The Morgan fingerprint density at radius 3 is 2.53 bits per heavy atom. The summed E-state index contributed by atoms with van der Waals surface area (Å²) in [4.78, 5) is 3.41. The van der Waals surface area contributed by atoms with Crippen molar-refractivity contribution in [2.75, 3.05) is 0 Å². The molecular weight excluding hydrogens is 329 g/mol. The van der Waals surface area contributed by atoms with Crippen LogP contribution >= 0.6 is 22.6 Å². The van der Waals surface area contributed by atoms with Crippen molar-refractivity contribution in [2.45, 2.75) is 20.0 Å². The van der Waals surface area contributed by atoms with E-state index >= 15 is 0 Å². The van der Waals surface area contributed by atoms with Crippen LogP contribution in [-0.2, 0) is 6.67 Å². The molecule has 15 heavy (non-hydrogen) atoms. The Morgan fingerprint density at radius 2 is 2.07 bits per heavy atom. The summed E-state index contributed by atoms with van der Waals surface area (Å²) in [6.07, 6.45) is -3.74. The van der Waals surface area contributed by atoms with Crippen LogP contribution in [0.2, 0.25) is 0 Å². The zero-order valence-electron chi connectivity index (χ0n) is 7.53. The van der Waals surface area contributed by atoms with Crippen molar-refractivity contribution < 1.29 is 22.3 Å². The highest BCUT2D eigenvalue weighted by molar-refractivity contribution is 14.1. The largest absolute Gasteiger partial charge is 0.574 e. The molecule has 0 amide bonds. The average molecular weight is 335 g/mol. The molecule has 7 heteroatoms. The van der Waals surface area contributed by atoms with Gasteiger partial charge < -0.3 is 4.74 Å². The Morgan fingerprint density at radius 1 is 1.47 bits per heavy atom. The molecule has 1 aromatic rings. The lowest BCUT2D eigenvalue weighted by Crippen LogP contribution is -2.19. The zero-order valence-corrected chi connectivity index (χ0v) is 9.69. The molecule has 84 valence electrons. The minimum Gasteiger partial charge on any atom is -0.388 e. The summed E-state index contributed by atoms with van der Waals surface area (Å²) in [5.41, 5.74) is 0.436. The Kier molecular flexibility index (Phi) is 3.74. The minimum absolute atomic E-state index is 0.183. The van der Waals surface area contributed by atoms with E-state index in [0.717, 1.165) is 6.20 Å². The molecule has 0 aliphatic carbocycles. The predicted octanol–water partition coefficient (Wildman–Crippen LogP) is 3.36. The number of rotatable bonds is 2. The number of pyridine rings is 1. The van der Waals surface area contributed by atoms with Crippen LogP contribution < -0.4 is 4.74 Å². The first-order valence-corrected chi connectivity index (χ1v) is 4.88. The smallest absolute Gasteiger partial charge is 0.388 e. The van der Waals surface area contributed by atoms with Crippen molar-refractivity contribution in [3.63, 3.8) is 0 Å². The van der Waals surface area contributed by atoms with E-state index in [1.165, 1.54) is 6.92 Å². The van der Waals surface area contributed by atoms with E-state index in [4.69, 9.17) is 0 Å². The molecular formula is C8H6F4INO. The maximum absolute atomic E-state index is 12.3. The second kappa shape index (κ2) is 4.50. The fourth-order valence-electron chi connectivity index (χ4n) is 0.930. The van der Waals surface area contributed by atoms with Gasteiger partial charge in [-0.1, -0.05) is 0 Å². The monoisotopic (exact) mass is 335 g/mol. The van der Waals surface area contributed by atoms with E-state index in [1.54, 1.807) is 22.6 Å². The van der Waals surface area contributed by atoms with Crippen molar-refractivity contribution in [3.05, 3.63) is 20.9 Å². The van der Waals surface area contributed by atoms with Crippen LogP contribution in [0.1, 0.15) is 11.1 Å². The highest BCUT2D eigenvalue weighted by atomic mass is 127. The molecule has 0 unspecified atom stereocenters. The molecule has 0 aromatic carbocycles. The maximum atomic E-state index is 12.3.